The van der Waals surface area contributed by atoms with Gasteiger partial charge in [-0.05, 0) is 12.3 Å². The van der Waals surface area contributed by atoms with E-state index in [0.29, 0.717) is 25.5 Å². The number of carboxylic acids is 1. The highest BCUT2D eigenvalue weighted by Gasteiger charge is 2.20. The normalized spacial score (nSPS) is 24.4. The largest absolute Gasteiger partial charge is 0.480 e. The minimum atomic E-state index is -0.970. The van der Waals surface area contributed by atoms with Crippen LogP contribution in [0.15, 0.2) is 4.99 Å². The Morgan fingerprint density at radius 2 is 2.54 bits per heavy atom. The van der Waals surface area contributed by atoms with E-state index >= 15 is 0 Å². The van der Waals surface area contributed by atoms with E-state index in [1.807, 2.05) is 0 Å². The zero-order chi connectivity index (χ0) is 9.84. The van der Waals surface area contributed by atoms with Gasteiger partial charge in [0.15, 0.2) is 5.96 Å². The maximum absolute atomic E-state index is 10.4. The third-order valence-corrected chi connectivity index (χ3v) is 2.00. The van der Waals surface area contributed by atoms with Gasteiger partial charge in [-0.2, -0.15) is 0 Å². The van der Waals surface area contributed by atoms with Crippen LogP contribution >= 0.6 is 0 Å². The fraction of sp³-hybridized carbons (Fsp3) is 0.714. The number of aliphatic carboxylic acids is 1. The maximum Gasteiger partial charge on any atom is 0.320 e. The van der Waals surface area contributed by atoms with Crippen LogP contribution in [0.25, 0.3) is 0 Å². The number of nitrogens with zero attached hydrogens (tertiary/aromatic N) is 1. The summed E-state index contributed by atoms with van der Waals surface area (Å²) in [6.07, 6.45) is 0.430. The van der Waals surface area contributed by atoms with Gasteiger partial charge in [0.25, 0.3) is 0 Å². The molecule has 0 spiro atoms. The summed E-state index contributed by atoms with van der Waals surface area (Å²) in [4.78, 5) is 14.4. The zero-order valence-electron chi connectivity index (χ0n) is 7.23. The molecule has 1 unspecified atom stereocenters. The van der Waals surface area contributed by atoms with Crippen molar-refractivity contribution in [1.82, 2.24) is 5.32 Å². The highest BCUT2D eigenvalue weighted by molar-refractivity contribution is 5.78. The summed E-state index contributed by atoms with van der Waals surface area (Å²) in [5.74, 6) is -0.388. The van der Waals surface area contributed by atoms with Crippen molar-refractivity contribution in [1.29, 1.82) is 0 Å². The van der Waals surface area contributed by atoms with Crippen LogP contribution < -0.4 is 16.8 Å². The zero-order valence-corrected chi connectivity index (χ0v) is 7.23. The van der Waals surface area contributed by atoms with Crippen molar-refractivity contribution in [2.45, 2.75) is 12.5 Å². The second-order valence-corrected chi connectivity index (χ2v) is 3.15. The second kappa shape index (κ2) is 4.08. The van der Waals surface area contributed by atoms with Gasteiger partial charge in [0.1, 0.15) is 6.04 Å². The monoisotopic (exact) mass is 186 g/mol. The quantitative estimate of drug-likeness (QED) is 0.420. The molecule has 1 aliphatic heterocycles. The summed E-state index contributed by atoms with van der Waals surface area (Å²) in [6, 6.07) is -0.804. The molecule has 0 aromatic carbocycles. The van der Waals surface area contributed by atoms with E-state index in [1.165, 1.54) is 0 Å². The predicted molar refractivity (Wildman–Crippen MR) is 48.2 cm³/mol. The van der Waals surface area contributed by atoms with Crippen LogP contribution in [0.2, 0.25) is 0 Å². The van der Waals surface area contributed by atoms with E-state index in [2.05, 4.69) is 10.3 Å². The molecular weight excluding hydrogens is 172 g/mol. The van der Waals surface area contributed by atoms with Crippen LogP contribution in [0.1, 0.15) is 6.42 Å². The lowest BCUT2D eigenvalue weighted by atomic mass is 9.99. The van der Waals surface area contributed by atoms with Crippen molar-refractivity contribution in [3.63, 3.8) is 0 Å². The first kappa shape index (κ1) is 9.79. The van der Waals surface area contributed by atoms with Gasteiger partial charge in [0.2, 0.25) is 0 Å². The van der Waals surface area contributed by atoms with Gasteiger partial charge in [-0.15, -0.1) is 0 Å². The van der Waals surface area contributed by atoms with Gasteiger partial charge in [-0.1, -0.05) is 0 Å². The number of nitrogens with one attached hydrogen (secondary N) is 1. The molecule has 0 aromatic heterocycles. The highest BCUT2D eigenvalue weighted by atomic mass is 16.4. The summed E-state index contributed by atoms with van der Waals surface area (Å²) in [6.45, 7) is 1.20. The number of nitrogens with two attached hydrogens (primary N) is 2. The Hall–Kier alpha value is -1.30. The highest BCUT2D eigenvalue weighted by Crippen LogP contribution is 2.07. The number of hydrogen-bond donors (Lipinski definition) is 4. The van der Waals surface area contributed by atoms with Crippen molar-refractivity contribution < 1.29 is 9.90 Å². The molecule has 6 nitrogen and oxygen atoms in total. The van der Waals surface area contributed by atoms with Crippen molar-refractivity contribution in [2.24, 2.45) is 22.4 Å². The van der Waals surface area contributed by atoms with Crippen LogP contribution in [-0.4, -0.2) is 36.2 Å². The Kier molecular flexibility index (Phi) is 3.07. The van der Waals surface area contributed by atoms with E-state index in [4.69, 9.17) is 16.6 Å². The van der Waals surface area contributed by atoms with Crippen molar-refractivity contribution in [3.8, 4) is 0 Å². The van der Waals surface area contributed by atoms with E-state index in [1.54, 1.807) is 0 Å². The predicted octanol–water partition coefficient (Wildman–Crippen LogP) is -1.68. The summed E-state index contributed by atoms with van der Waals surface area (Å²) >= 11 is 0. The molecule has 0 fully saturated rings. The Balaban J connectivity index is 2.35. The van der Waals surface area contributed by atoms with Gasteiger partial charge in [-0.3, -0.25) is 9.79 Å². The van der Waals surface area contributed by atoms with Crippen LogP contribution in [0.4, 0.5) is 0 Å². The molecule has 0 amide bonds. The lowest BCUT2D eigenvalue weighted by molar-refractivity contribution is -0.138. The molecule has 0 aliphatic carbocycles. The molecule has 2 atom stereocenters. The molecule has 0 saturated carbocycles. The van der Waals surface area contributed by atoms with E-state index < -0.39 is 12.0 Å². The molecule has 1 heterocycles. The van der Waals surface area contributed by atoms with Crippen molar-refractivity contribution >= 4 is 11.9 Å². The van der Waals surface area contributed by atoms with Gasteiger partial charge in [0, 0.05) is 13.1 Å². The maximum atomic E-state index is 10.4. The summed E-state index contributed by atoms with van der Waals surface area (Å²) in [5, 5.41) is 11.4. The van der Waals surface area contributed by atoms with Crippen LogP contribution in [0, 0.1) is 5.92 Å². The molecule has 0 saturated heterocycles. The minimum absolute atomic E-state index is 0.165. The molecule has 0 bridgehead atoms. The molecule has 74 valence electrons. The summed E-state index contributed by atoms with van der Waals surface area (Å²) in [5.41, 5.74) is 10.8. The van der Waals surface area contributed by atoms with E-state index in [9.17, 15) is 4.79 Å². The third kappa shape index (κ3) is 2.90. The first-order valence-electron chi connectivity index (χ1n) is 4.11. The number of hydrogen-bond acceptors (Lipinski definition) is 5. The molecular formula is C7H14N4O2. The van der Waals surface area contributed by atoms with Crippen LogP contribution in [-0.2, 0) is 4.79 Å². The van der Waals surface area contributed by atoms with Crippen molar-refractivity contribution in [2.75, 3.05) is 13.1 Å². The number of rotatable bonds is 3. The van der Waals surface area contributed by atoms with E-state index in [-0.39, 0.29) is 5.92 Å². The minimum Gasteiger partial charge on any atom is -0.480 e. The third-order valence-electron chi connectivity index (χ3n) is 2.00. The topological polar surface area (TPSA) is 114 Å². The first-order valence-corrected chi connectivity index (χ1v) is 4.11. The molecule has 0 aromatic rings. The smallest absolute Gasteiger partial charge is 0.320 e. The molecule has 6 heteroatoms. The second-order valence-electron chi connectivity index (χ2n) is 3.15. The average Bonchev–Trinajstić information content (AvgIpc) is 2.08. The Bertz CT molecular complexity index is 229. The lowest BCUT2D eigenvalue weighted by Crippen LogP contribution is -2.43. The lowest BCUT2D eigenvalue weighted by Gasteiger charge is -2.22. The fourth-order valence-electron chi connectivity index (χ4n) is 1.21. The summed E-state index contributed by atoms with van der Waals surface area (Å²) < 4.78 is 0. The van der Waals surface area contributed by atoms with Gasteiger partial charge >= 0.3 is 5.97 Å². The average molecular weight is 186 g/mol. The molecule has 1 aliphatic rings. The van der Waals surface area contributed by atoms with Crippen LogP contribution in [0.5, 0.6) is 0 Å². The Morgan fingerprint density at radius 3 is 3.00 bits per heavy atom. The number of carboxylic acid groups (broad SMARTS) is 1. The van der Waals surface area contributed by atoms with Crippen LogP contribution in [0.3, 0.4) is 0 Å². The Morgan fingerprint density at radius 1 is 1.85 bits per heavy atom. The van der Waals surface area contributed by atoms with Gasteiger partial charge < -0.3 is 21.9 Å². The molecule has 0 radical (unpaired) electrons. The number of carbonyl (C=O) groups is 1. The molecule has 6 N–H and O–H groups in total. The number of aliphatic imine (C=N–C) groups is 1. The van der Waals surface area contributed by atoms with Gasteiger partial charge in [-0.25, -0.2) is 0 Å². The number of guanidine groups is 1. The summed E-state index contributed by atoms with van der Waals surface area (Å²) in [7, 11) is 0. The van der Waals surface area contributed by atoms with E-state index in [0.717, 1.165) is 0 Å². The Labute approximate surface area is 76.0 Å². The SMILES string of the molecule is NC1=NCC(C[C@H](N)C(=O)O)CN1. The molecule has 13 heavy (non-hydrogen) atoms. The standard InChI is InChI=1S/C7H14N4O2/c8-5(6(12)13)1-4-2-10-7(9)11-3-4/h4-5H,1-3,8H2,(H,12,13)(H3,9,10,11)/t5-/m0/s1. The molecule has 1 rings (SSSR count). The van der Waals surface area contributed by atoms with Gasteiger partial charge in [0.05, 0.1) is 0 Å². The van der Waals surface area contributed by atoms with Crippen molar-refractivity contribution in [3.05, 3.63) is 0 Å². The fourth-order valence-corrected chi connectivity index (χ4v) is 1.21. The first-order chi connectivity index (χ1) is 6.09.